The molecule has 0 aromatic heterocycles. The summed E-state index contributed by atoms with van der Waals surface area (Å²) in [5.41, 5.74) is 0.794. The second-order valence-corrected chi connectivity index (χ2v) is 3.45. The number of hydrogen-bond acceptors (Lipinski definition) is 1. The van der Waals surface area contributed by atoms with Crippen molar-refractivity contribution in [1.29, 1.82) is 0 Å². The molecule has 0 saturated carbocycles. The van der Waals surface area contributed by atoms with Gasteiger partial charge in [0.2, 0.25) is 0 Å². The summed E-state index contributed by atoms with van der Waals surface area (Å²) in [7, 11) is 0. The van der Waals surface area contributed by atoms with E-state index < -0.39 is 0 Å². The molecule has 13 heavy (non-hydrogen) atoms. The largest absolute Gasteiger partial charge is 0.373 e. The minimum Gasteiger partial charge on any atom is -0.373 e. The standard InChI is InChI=1S/C10H9ClFO/c11-8-4-7(5-9(12)6-8)10-2-1-3-13-10/h2,4-6,10H,1,3H2. The molecule has 1 fully saturated rings. The topological polar surface area (TPSA) is 9.23 Å². The molecule has 0 amide bonds. The maximum atomic E-state index is 12.9. The summed E-state index contributed by atoms with van der Waals surface area (Å²) in [6.45, 7) is 0.707. The molecule has 1 aromatic carbocycles. The molecule has 69 valence electrons. The molecule has 1 nitrogen and oxygen atoms in total. The van der Waals surface area contributed by atoms with E-state index in [4.69, 9.17) is 16.3 Å². The number of ether oxygens (including phenoxy) is 1. The lowest BCUT2D eigenvalue weighted by Crippen LogP contribution is -1.96. The highest BCUT2D eigenvalue weighted by Gasteiger charge is 2.18. The third-order valence-corrected chi connectivity index (χ3v) is 2.23. The Balaban J connectivity index is 2.28. The van der Waals surface area contributed by atoms with Crippen LogP contribution in [0.4, 0.5) is 4.39 Å². The van der Waals surface area contributed by atoms with Gasteiger partial charge in [0.15, 0.2) is 0 Å². The van der Waals surface area contributed by atoms with E-state index in [1.54, 1.807) is 6.07 Å². The van der Waals surface area contributed by atoms with Gasteiger partial charge in [0.1, 0.15) is 5.82 Å². The Bertz CT molecular complexity index is 288. The van der Waals surface area contributed by atoms with E-state index in [9.17, 15) is 4.39 Å². The van der Waals surface area contributed by atoms with Gasteiger partial charge >= 0.3 is 0 Å². The van der Waals surface area contributed by atoms with Gasteiger partial charge in [0.25, 0.3) is 0 Å². The first-order valence-corrected chi connectivity index (χ1v) is 4.54. The van der Waals surface area contributed by atoms with Gasteiger partial charge in [0, 0.05) is 11.6 Å². The fourth-order valence-electron chi connectivity index (χ4n) is 1.45. The Morgan fingerprint density at radius 1 is 1.38 bits per heavy atom. The first-order chi connectivity index (χ1) is 6.25. The average molecular weight is 200 g/mol. The van der Waals surface area contributed by atoms with Gasteiger partial charge in [-0.2, -0.15) is 0 Å². The summed E-state index contributed by atoms with van der Waals surface area (Å²) in [5.74, 6) is -0.314. The summed E-state index contributed by atoms with van der Waals surface area (Å²) in [4.78, 5) is 0. The van der Waals surface area contributed by atoms with Gasteiger partial charge in [0.05, 0.1) is 6.10 Å². The smallest absolute Gasteiger partial charge is 0.125 e. The second-order valence-electron chi connectivity index (χ2n) is 3.02. The maximum absolute atomic E-state index is 12.9. The van der Waals surface area contributed by atoms with Gasteiger partial charge in [-0.3, -0.25) is 0 Å². The Kier molecular flexibility index (Phi) is 2.51. The van der Waals surface area contributed by atoms with Gasteiger partial charge in [-0.15, -0.1) is 0 Å². The van der Waals surface area contributed by atoms with Crippen LogP contribution in [0.15, 0.2) is 18.2 Å². The van der Waals surface area contributed by atoms with Crippen LogP contribution in [0.2, 0.25) is 5.02 Å². The van der Waals surface area contributed by atoms with E-state index >= 15 is 0 Å². The van der Waals surface area contributed by atoms with Crippen LogP contribution in [-0.2, 0) is 4.74 Å². The molecule has 0 N–H and O–H groups in total. The molecule has 2 rings (SSSR count). The Morgan fingerprint density at radius 3 is 2.85 bits per heavy atom. The highest BCUT2D eigenvalue weighted by Crippen LogP contribution is 2.29. The monoisotopic (exact) mass is 199 g/mol. The van der Waals surface area contributed by atoms with Crippen molar-refractivity contribution < 1.29 is 9.13 Å². The zero-order chi connectivity index (χ0) is 9.26. The second kappa shape index (κ2) is 3.64. The van der Waals surface area contributed by atoms with Crippen LogP contribution < -0.4 is 0 Å². The van der Waals surface area contributed by atoms with Gasteiger partial charge in [-0.1, -0.05) is 11.6 Å². The van der Waals surface area contributed by atoms with E-state index in [0.717, 1.165) is 12.0 Å². The van der Waals surface area contributed by atoms with Crippen LogP contribution in [-0.4, -0.2) is 6.61 Å². The SMILES string of the molecule is Fc1cc(Cl)cc(C2[CH]CCO2)c1. The fraction of sp³-hybridized carbons (Fsp3) is 0.300. The van der Waals surface area contributed by atoms with Crippen molar-refractivity contribution in [2.24, 2.45) is 0 Å². The zero-order valence-corrected chi connectivity index (χ0v) is 7.72. The van der Waals surface area contributed by atoms with E-state index in [0.29, 0.717) is 11.6 Å². The lowest BCUT2D eigenvalue weighted by atomic mass is 10.1. The average Bonchev–Trinajstić information content (AvgIpc) is 2.53. The lowest BCUT2D eigenvalue weighted by molar-refractivity contribution is 0.124. The Labute approximate surface area is 81.5 Å². The van der Waals surface area contributed by atoms with Crippen molar-refractivity contribution in [2.45, 2.75) is 12.5 Å². The molecular weight excluding hydrogens is 191 g/mol. The van der Waals surface area contributed by atoms with Crippen LogP contribution in [0.1, 0.15) is 18.1 Å². The van der Waals surface area contributed by atoms with E-state index in [-0.39, 0.29) is 11.9 Å². The minimum absolute atomic E-state index is 0.0896. The van der Waals surface area contributed by atoms with Crippen LogP contribution in [0.25, 0.3) is 0 Å². The number of rotatable bonds is 1. The summed E-state index contributed by atoms with van der Waals surface area (Å²) < 4.78 is 18.3. The third-order valence-electron chi connectivity index (χ3n) is 2.01. The van der Waals surface area contributed by atoms with Crippen LogP contribution in [0, 0.1) is 12.2 Å². The van der Waals surface area contributed by atoms with E-state index in [1.807, 2.05) is 6.42 Å². The number of halogens is 2. The molecular formula is C10H9ClFO. The summed E-state index contributed by atoms with van der Waals surface area (Å²) in [6, 6.07) is 4.48. The van der Waals surface area contributed by atoms with Gasteiger partial charge in [-0.25, -0.2) is 4.39 Å². The van der Waals surface area contributed by atoms with Crippen LogP contribution in [0.5, 0.6) is 0 Å². The van der Waals surface area contributed by atoms with Crippen molar-refractivity contribution in [3.8, 4) is 0 Å². The lowest BCUT2D eigenvalue weighted by Gasteiger charge is -2.09. The molecule has 1 saturated heterocycles. The molecule has 0 aliphatic carbocycles. The van der Waals surface area contributed by atoms with Crippen LogP contribution >= 0.6 is 11.6 Å². The normalized spacial score (nSPS) is 22.2. The van der Waals surface area contributed by atoms with Crippen molar-refractivity contribution in [1.82, 2.24) is 0 Å². The van der Waals surface area contributed by atoms with Crippen molar-refractivity contribution in [3.63, 3.8) is 0 Å². The summed E-state index contributed by atoms with van der Waals surface area (Å²) in [6.07, 6.45) is 2.84. The molecule has 1 aliphatic rings. The van der Waals surface area contributed by atoms with Crippen LogP contribution in [0.3, 0.4) is 0 Å². The van der Waals surface area contributed by atoms with Crippen molar-refractivity contribution in [3.05, 3.63) is 41.0 Å². The van der Waals surface area contributed by atoms with E-state index in [1.165, 1.54) is 12.1 Å². The molecule has 1 heterocycles. The molecule has 1 unspecified atom stereocenters. The number of benzene rings is 1. The quantitative estimate of drug-likeness (QED) is 0.675. The first-order valence-electron chi connectivity index (χ1n) is 4.16. The van der Waals surface area contributed by atoms with Gasteiger partial charge in [-0.05, 0) is 36.6 Å². The first kappa shape index (κ1) is 8.97. The molecule has 1 atom stereocenters. The Morgan fingerprint density at radius 2 is 2.23 bits per heavy atom. The predicted octanol–water partition coefficient (Wildman–Crippen LogP) is 3.14. The zero-order valence-electron chi connectivity index (χ0n) is 6.97. The molecule has 1 aliphatic heterocycles. The highest BCUT2D eigenvalue weighted by molar-refractivity contribution is 6.30. The summed E-state index contributed by atoms with van der Waals surface area (Å²) in [5, 5.41) is 0.416. The maximum Gasteiger partial charge on any atom is 0.125 e. The Hall–Kier alpha value is -0.600. The predicted molar refractivity (Wildman–Crippen MR) is 49.0 cm³/mol. The number of hydrogen-bond donors (Lipinski definition) is 0. The third kappa shape index (κ3) is 2.01. The summed E-state index contributed by atoms with van der Waals surface area (Å²) >= 11 is 5.72. The fourth-order valence-corrected chi connectivity index (χ4v) is 1.68. The van der Waals surface area contributed by atoms with Gasteiger partial charge < -0.3 is 4.74 Å². The molecule has 0 spiro atoms. The minimum atomic E-state index is -0.314. The molecule has 1 aromatic rings. The van der Waals surface area contributed by atoms with E-state index in [2.05, 4.69) is 0 Å². The molecule has 1 radical (unpaired) electrons. The highest BCUT2D eigenvalue weighted by atomic mass is 35.5. The molecule has 0 bridgehead atoms. The van der Waals surface area contributed by atoms with Crippen molar-refractivity contribution in [2.75, 3.05) is 6.61 Å². The molecule has 3 heteroatoms. The van der Waals surface area contributed by atoms with Crippen molar-refractivity contribution >= 4 is 11.6 Å².